The largest absolute Gasteiger partial charge is 0.379 e. The Morgan fingerprint density at radius 1 is 1.07 bits per heavy atom. The van der Waals surface area contributed by atoms with Gasteiger partial charge in [0.15, 0.2) is 0 Å². The quantitative estimate of drug-likeness (QED) is 0.821. The van der Waals surface area contributed by atoms with Crippen LogP contribution in [0.4, 0.5) is 0 Å². The maximum Gasteiger partial charge on any atom is 0.257 e. The SMILES string of the molecule is Cc1ccc(C2CC(c3cccc(C)c3)=NN2C(=O)CN2CCOCC2)cc1. The fraction of sp³-hybridized carbons (Fsp3) is 0.391. The van der Waals surface area contributed by atoms with Crippen LogP contribution in [0.2, 0.25) is 0 Å². The lowest BCUT2D eigenvalue weighted by atomic mass is 9.97. The predicted octanol–water partition coefficient (Wildman–Crippen LogP) is 3.31. The second-order valence-electron chi connectivity index (χ2n) is 7.67. The van der Waals surface area contributed by atoms with Crippen molar-refractivity contribution in [2.45, 2.75) is 26.3 Å². The van der Waals surface area contributed by atoms with Crippen molar-refractivity contribution in [3.63, 3.8) is 0 Å². The van der Waals surface area contributed by atoms with Crippen molar-refractivity contribution in [1.82, 2.24) is 9.91 Å². The number of morpholine rings is 1. The Labute approximate surface area is 166 Å². The Morgan fingerprint density at radius 2 is 1.82 bits per heavy atom. The lowest BCUT2D eigenvalue weighted by Gasteiger charge is -2.29. The Hall–Kier alpha value is -2.50. The van der Waals surface area contributed by atoms with Gasteiger partial charge in [-0.3, -0.25) is 9.69 Å². The summed E-state index contributed by atoms with van der Waals surface area (Å²) in [5.41, 5.74) is 5.62. The van der Waals surface area contributed by atoms with Gasteiger partial charge in [0.05, 0.1) is 31.5 Å². The fourth-order valence-corrected chi connectivity index (χ4v) is 3.81. The molecule has 0 N–H and O–H groups in total. The van der Waals surface area contributed by atoms with E-state index in [1.54, 1.807) is 5.01 Å². The lowest BCUT2D eigenvalue weighted by Crippen LogP contribution is -2.43. The summed E-state index contributed by atoms with van der Waals surface area (Å²) in [7, 11) is 0. The van der Waals surface area contributed by atoms with Gasteiger partial charge in [-0.05, 0) is 25.0 Å². The summed E-state index contributed by atoms with van der Waals surface area (Å²) in [4.78, 5) is 15.3. The van der Waals surface area contributed by atoms with Crippen molar-refractivity contribution in [2.75, 3.05) is 32.8 Å². The van der Waals surface area contributed by atoms with E-state index in [4.69, 9.17) is 9.84 Å². The summed E-state index contributed by atoms with van der Waals surface area (Å²) in [6, 6.07) is 16.7. The normalized spacial score (nSPS) is 20.3. The van der Waals surface area contributed by atoms with Crippen LogP contribution in [0.15, 0.2) is 53.6 Å². The first kappa shape index (κ1) is 18.8. The van der Waals surface area contributed by atoms with E-state index in [-0.39, 0.29) is 11.9 Å². The Morgan fingerprint density at radius 3 is 2.54 bits per heavy atom. The summed E-state index contributed by atoms with van der Waals surface area (Å²) in [5, 5.41) is 6.49. The second kappa shape index (κ2) is 8.25. The molecule has 1 unspecified atom stereocenters. The molecule has 2 aliphatic heterocycles. The highest BCUT2D eigenvalue weighted by molar-refractivity contribution is 6.03. The van der Waals surface area contributed by atoms with Crippen LogP contribution in [0.25, 0.3) is 0 Å². The molecular formula is C23H27N3O2. The smallest absolute Gasteiger partial charge is 0.257 e. The minimum absolute atomic E-state index is 0.0510. The molecule has 1 fully saturated rings. The first-order valence-electron chi connectivity index (χ1n) is 9.93. The van der Waals surface area contributed by atoms with Crippen molar-refractivity contribution in [3.05, 3.63) is 70.8 Å². The number of hydrazone groups is 1. The van der Waals surface area contributed by atoms with Crippen molar-refractivity contribution in [3.8, 4) is 0 Å². The number of aryl methyl sites for hydroxylation is 2. The maximum absolute atomic E-state index is 13.1. The monoisotopic (exact) mass is 377 g/mol. The van der Waals surface area contributed by atoms with E-state index in [0.29, 0.717) is 19.8 Å². The number of rotatable bonds is 4. The highest BCUT2D eigenvalue weighted by Gasteiger charge is 2.33. The molecule has 28 heavy (non-hydrogen) atoms. The van der Waals surface area contributed by atoms with Gasteiger partial charge in [0.2, 0.25) is 0 Å². The van der Waals surface area contributed by atoms with Crippen molar-refractivity contribution in [1.29, 1.82) is 0 Å². The van der Waals surface area contributed by atoms with Crippen LogP contribution in [-0.2, 0) is 9.53 Å². The summed E-state index contributed by atoms with van der Waals surface area (Å²) >= 11 is 0. The molecule has 5 heteroatoms. The van der Waals surface area contributed by atoms with Gasteiger partial charge < -0.3 is 4.74 Å². The summed E-state index contributed by atoms with van der Waals surface area (Å²) in [6.07, 6.45) is 0.737. The van der Waals surface area contributed by atoms with Gasteiger partial charge in [-0.1, -0.05) is 59.7 Å². The standard InChI is InChI=1S/C23H27N3O2/c1-17-6-8-19(9-7-17)22-15-21(20-5-3-4-18(2)14-20)24-26(22)23(27)16-25-10-12-28-13-11-25/h3-9,14,22H,10-13,15-16H2,1-2H3. The first-order chi connectivity index (χ1) is 13.6. The molecule has 0 bridgehead atoms. The molecular weight excluding hydrogens is 350 g/mol. The molecule has 1 saturated heterocycles. The number of amides is 1. The first-order valence-corrected chi connectivity index (χ1v) is 9.93. The molecule has 2 aromatic rings. The molecule has 0 radical (unpaired) electrons. The molecule has 146 valence electrons. The summed E-state index contributed by atoms with van der Waals surface area (Å²) < 4.78 is 5.40. The van der Waals surface area contributed by atoms with E-state index in [2.05, 4.69) is 61.2 Å². The van der Waals surface area contributed by atoms with E-state index in [9.17, 15) is 4.79 Å². The molecule has 1 amide bonds. The van der Waals surface area contributed by atoms with Crippen LogP contribution < -0.4 is 0 Å². The van der Waals surface area contributed by atoms with Crippen LogP contribution in [0.3, 0.4) is 0 Å². The zero-order valence-corrected chi connectivity index (χ0v) is 16.6. The molecule has 2 aliphatic rings. The number of carbonyl (C=O) groups is 1. The van der Waals surface area contributed by atoms with E-state index < -0.39 is 0 Å². The third kappa shape index (κ3) is 4.16. The van der Waals surface area contributed by atoms with Crippen LogP contribution in [0.5, 0.6) is 0 Å². The van der Waals surface area contributed by atoms with Gasteiger partial charge >= 0.3 is 0 Å². The average molecular weight is 377 g/mol. The maximum atomic E-state index is 13.1. The third-order valence-corrected chi connectivity index (χ3v) is 5.44. The average Bonchev–Trinajstić information content (AvgIpc) is 3.15. The molecule has 0 spiro atoms. The molecule has 0 saturated carbocycles. The molecule has 2 heterocycles. The number of nitrogens with zero attached hydrogens (tertiary/aromatic N) is 3. The van der Waals surface area contributed by atoms with Crippen molar-refractivity contribution < 1.29 is 9.53 Å². The summed E-state index contributed by atoms with van der Waals surface area (Å²) in [5.74, 6) is 0.0510. The van der Waals surface area contributed by atoms with E-state index in [1.165, 1.54) is 11.1 Å². The molecule has 5 nitrogen and oxygen atoms in total. The van der Waals surface area contributed by atoms with E-state index in [1.807, 2.05) is 6.07 Å². The van der Waals surface area contributed by atoms with Gasteiger partial charge in [0.25, 0.3) is 5.91 Å². The highest BCUT2D eigenvalue weighted by Crippen LogP contribution is 2.33. The van der Waals surface area contributed by atoms with Gasteiger partial charge in [0.1, 0.15) is 0 Å². The Bertz CT molecular complexity index is 870. The predicted molar refractivity (Wildman–Crippen MR) is 110 cm³/mol. The van der Waals surface area contributed by atoms with Gasteiger partial charge in [0, 0.05) is 19.5 Å². The van der Waals surface area contributed by atoms with Crippen LogP contribution >= 0.6 is 0 Å². The number of hydrogen-bond donors (Lipinski definition) is 0. The number of benzene rings is 2. The Kier molecular flexibility index (Phi) is 5.55. The molecule has 2 aromatic carbocycles. The zero-order valence-electron chi connectivity index (χ0n) is 16.6. The fourth-order valence-electron chi connectivity index (χ4n) is 3.81. The highest BCUT2D eigenvalue weighted by atomic mass is 16.5. The molecule has 0 aromatic heterocycles. The van der Waals surface area contributed by atoms with Crippen LogP contribution in [-0.4, -0.2) is 54.4 Å². The molecule has 0 aliphatic carbocycles. The van der Waals surface area contributed by atoms with Crippen LogP contribution in [0, 0.1) is 13.8 Å². The van der Waals surface area contributed by atoms with Gasteiger partial charge in [-0.25, -0.2) is 5.01 Å². The topological polar surface area (TPSA) is 45.1 Å². The van der Waals surface area contributed by atoms with Gasteiger partial charge in [-0.2, -0.15) is 5.10 Å². The number of carbonyl (C=O) groups excluding carboxylic acids is 1. The van der Waals surface area contributed by atoms with Crippen molar-refractivity contribution >= 4 is 11.6 Å². The van der Waals surface area contributed by atoms with E-state index >= 15 is 0 Å². The minimum Gasteiger partial charge on any atom is -0.379 e. The third-order valence-electron chi connectivity index (χ3n) is 5.44. The van der Waals surface area contributed by atoms with E-state index in [0.717, 1.165) is 36.3 Å². The number of hydrogen-bond acceptors (Lipinski definition) is 4. The number of ether oxygens (including phenoxy) is 1. The zero-order chi connectivity index (χ0) is 19.5. The van der Waals surface area contributed by atoms with Gasteiger partial charge in [-0.15, -0.1) is 0 Å². The molecule has 1 atom stereocenters. The molecule has 4 rings (SSSR count). The Balaban J connectivity index is 1.60. The second-order valence-corrected chi connectivity index (χ2v) is 7.67. The summed E-state index contributed by atoms with van der Waals surface area (Å²) in [6.45, 7) is 7.51. The van der Waals surface area contributed by atoms with Crippen molar-refractivity contribution in [2.24, 2.45) is 5.10 Å². The van der Waals surface area contributed by atoms with Crippen LogP contribution in [0.1, 0.15) is 34.7 Å². The lowest BCUT2D eigenvalue weighted by molar-refractivity contribution is -0.135. The minimum atomic E-state index is -0.0512.